The molecule has 0 atom stereocenters. The smallest absolute Gasteiger partial charge is 0.251 e. The highest BCUT2D eigenvalue weighted by atomic mass is 16.6. The van der Waals surface area contributed by atoms with Crippen molar-refractivity contribution in [2.24, 2.45) is 0 Å². The first-order valence-electron chi connectivity index (χ1n) is 5.13. The standard InChI is InChI=1S/C11H13N3O2/c1-9-2-3-11(14(15)16)10(6-9)7-13-5-4-12-8-13/h2,4-5,8H,3,6-7H2,1H3. The number of hydrogen-bond acceptors (Lipinski definition) is 3. The van der Waals surface area contributed by atoms with Gasteiger partial charge in [0.15, 0.2) is 0 Å². The minimum Gasteiger partial charge on any atom is -0.333 e. The van der Waals surface area contributed by atoms with Crippen molar-refractivity contribution in [3.8, 4) is 0 Å². The van der Waals surface area contributed by atoms with Gasteiger partial charge in [-0.05, 0) is 13.3 Å². The van der Waals surface area contributed by atoms with Crippen molar-refractivity contribution in [3.63, 3.8) is 0 Å². The zero-order valence-corrected chi connectivity index (χ0v) is 9.09. The van der Waals surface area contributed by atoms with E-state index in [0.29, 0.717) is 25.1 Å². The summed E-state index contributed by atoms with van der Waals surface area (Å²) in [5.74, 6) is 0. The van der Waals surface area contributed by atoms with Crippen LogP contribution in [0.3, 0.4) is 0 Å². The molecule has 0 spiro atoms. The fraction of sp³-hybridized carbons (Fsp3) is 0.364. The minimum atomic E-state index is -0.269. The summed E-state index contributed by atoms with van der Waals surface area (Å²) in [5.41, 5.74) is 2.41. The highest BCUT2D eigenvalue weighted by Crippen LogP contribution is 2.25. The Kier molecular flexibility index (Phi) is 2.85. The third-order valence-electron chi connectivity index (χ3n) is 2.70. The van der Waals surface area contributed by atoms with E-state index in [9.17, 15) is 10.1 Å². The van der Waals surface area contributed by atoms with Gasteiger partial charge in [0.25, 0.3) is 5.70 Å². The number of allylic oxidation sites excluding steroid dienone is 3. The Morgan fingerprint density at radius 1 is 1.62 bits per heavy atom. The van der Waals surface area contributed by atoms with Gasteiger partial charge in [0.2, 0.25) is 0 Å². The maximum Gasteiger partial charge on any atom is 0.251 e. The van der Waals surface area contributed by atoms with E-state index >= 15 is 0 Å². The van der Waals surface area contributed by atoms with Gasteiger partial charge in [0.05, 0.1) is 24.2 Å². The molecular formula is C11H13N3O2. The zero-order valence-electron chi connectivity index (χ0n) is 9.09. The molecule has 0 bridgehead atoms. The van der Waals surface area contributed by atoms with Crippen molar-refractivity contribution in [2.45, 2.75) is 26.3 Å². The summed E-state index contributed by atoms with van der Waals surface area (Å²) >= 11 is 0. The molecule has 0 saturated carbocycles. The lowest BCUT2D eigenvalue weighted by atomic mass is 9.96. The molecule has 0 radical (unpaired) electrons. The summed E-state index contributed by atoms with van der Waals surface area (Å²) in [7, 11) is 0. The van der Waals surface area contributed by atoms with Crippen molar-refractivity contribution in [3.05, 3.63) is 51.8 Å². The first-order chi connectivity index (χ1) is 7.66. The van der Waals surface area contributed by atoms with Crippen LogP contribution in [0, 0.1) is 10.1 Å². The summed E-state index contributed by atoms with van der Waals surface area (Å²) in [6.45, 7) is 2.56. The van der Waals surface area contributed by atoms with E-state index in [0.717, 1.165) is 5.57 Å². The second-order valence-corrected chi connectivity index (χ2v) is 3.97. The maximum absolute atomic E-state index is 10.9. The van der Waals surface area contributed by atoms with Gasteiger partial charge in [-0.3, -0.25) is 10.1 Å². The average Bonchev–Trinajstić information content (AvgIpc) is 2.70. The number of rotatable bonds is 3. The Morgan fingerprint density at radius 3 is 3.06 bits per heavy atom. The zero-order chi connectivity index (χ0) is 11.5. The topological polar surface area (TPSA) is 61.0 Å². The molecule has 0 saturated heterocycles. The number of nitrogens with zero attached hydrogens (tertiary/aromatic N) is 3. The van der Waals surface area contributed by atoms with Crippen LogP contribution in [0.25, 0.3) is 0 Å². The molecule has 1 aromatic rings. The Morgan fingerprint density at radius 2 is 2.44 bits per heavy atom. The molecule has 5 heteroatoms. The van der Waals surface area contributed by atoms with Gasteiger partial charge in [-0.15, -0.1) is 0 Å². The SMILES string of the molecule is CC1=CCC([N+](=O)[O-])=C(Cn2ccnc2)C1. The number of hydrogen-bond donors (Lipinski definition) is 0. The van der Waals surface area contributed by atoms with Gasteiger partial charge >= 0.3 is 0 Å². The van der Waals surface area contributed by atoms with E-state index in [4.69, 9.17) is 0 Å². The second-order valence-electron chi connectivity index (χ2n) is 3.97. The van der Waals surface area contributed by atoms with Gasteiger partial charge in [-0.1, -0.05) is 11.6 Å². The Hall–Kier alpha value is -1.91. The van der Waals surface area contributed by atoms with Gasteiger partial charge in [-0.2, -0.15) is 0 Å². The van der Waals surface area contributed by atoms with Crippen LogP contribution in [0.15, 0.2) is 41.6 Å². The first kappa shape index (κ1) is 10.6. The molecule has 5 nitrogen and oxygen atoms in total. The van der Waals surface area contributed by atoms with Crippen LogP contribution in [0.5, 0.6) is 0 Å². The molecule has 0 fully saturated rings. The number of aromatic nitrogens is 2. The number of nitro groups is 1. The monoisotopic (exact) mass is 219 g/mol. The highest BCUT2D eigenvalue weighted by molar-refractivity contribution is 5.24. The molecule has 1 heterocycles. The first-order valence-corrected chi connectivity index (χ1v) is 5.13. The van der Waals surface area contributed by atoms with Crippen LogP contribution in [-0.2, 0) is 6.54 Å². The summed E-state index contributed by atoms with van der Waals surface area (Å²) in [6.07, 6.45) is 8.22. The van der Waals surface area contributed by atoms with Crippen molar-refractivity contribution in [2.75, 3.05) is 0 Å². The Bertz CT molecular complexity index is 458. The molecule has 0 aromatic carbocycles. The van der Waals surface area contributed by atoms with Crippen LogP contribution in [-0.4, -0.2) is 14.5 Å². The lowest BCUT2D eigenvalue weighted by Gasteiger charge is -2.14. The lowest BCUT2D eigenvalue weighted by Crippen LogP contribution is -2.11. The summed E-state index contributed by atoms with van der Waals surface area (Å²) in [4.78, 5) is 14.6. The number of imidazole rings is 1. The van der Waals surface area contributed by atoms with Crippen molar-refractivity contribution in [1.29, 1.82) is 0 Å². The summed E-state index contributed by atoms with van der Waals surface area (Å²) in [5, 5.41) is 10.9. The lowest BCUT2D eigenvalue weighted by molar-refractivity contribution is -0.428. The molecule has 0 amide bonds. The molecule has 0 N–H and O–H groups in total. The molecule has 1 aliphatic carbocycles. The van der Waals surface area contributed by atoms with E-state index in [1.807, 2.05) is 23.8 Å². The van der Waals surface area contributed by atoms with Crippen molar-refractivity contribution >= 4 is 0 Å². The fourth-order valence-corrected chi connectivity index (χ4v) is 1.88. The fourth-order valence-electron chi connectivity index (χ4n) is 1.88. The molecule has 84 valence electrons. The van der Waals surface area contributed by atoms with Gasteiger partial charge in [0.1, 0.15) is 0 Å². The molecule has 1 aliphatic rings. The van der Waals surface area contributed by atoms with E-state index in [1.54, 1.807) is 12.5 Å². The quantitative estimate of drug-likeness (QED) is 0.444. The summed E-state index contributed by atoms with van der Waals surface area (Å²) < 4.78 is 1.86. The predicted octanol–water partition coefficient (Wildman–Crippen LogP) is 2.15. The Labute approximate surface area is 93.3 Å². The molecular weight excluding hydrogens is 206 g/mol. The predicted molar refractivity (Wildman–Crippen MR) is 59.2 cm³/mol. The van der Waals surface area contributed by atoms with E-state index < -0.39 is 0 Å². The maximum atomic E-state index is 10.9. The molecule has 16 heavy (non-hydrogen) atoms. The molecule has 2 rings (SSSR count). The normalized spacial score (nSPS) is 16.2. The molecule has 0 aliphatic heterocycles. The highest BCUT2D eigenvalue weighted by Gasteiger charge is 2.21. The van der Waals surface area contributed by atoms with Crippen LogP contribution in [0.4, 0.5) is 0 Å². The largest absolute Gasteiger partial charge is 0.333 e. The molecule has 1 aromatic heterocycles. The van der Waals surface area contributed by atoms with Crippen molar-refractivity contribution < 1.29 is 4.92 Å². The van der Waals surface area contributed by atoms with Crippen LogP contribution >= 0.6 is 0 Å². The third-order valence-corrected chi connectivity index (χ3v) is 2.70. The van der Waals surface area contributed by atoms with E-state index in [2.05, 4.69) is 4.98 Å². The van der Waals surface area contributed by atoms with Gasteiger partial charge in [-0.25, -0.2) is 4.98 Å². The van der Waals surface area contributed by atoms with Gasteiger partial charge in [0, 0.05) is 18.0 Å². The van der Waals surface area contributed by atoms with E-state index in [1.165, 1.54) is 5.57 Å². The molecule has 0 unspecified atom stereocenters. The van der Waals surface area contributed by atoms with Gasteiger partial charge < -0.3 is 4.57 Å². The minimum absolute atomic E-state index is 0.269. The Balaban J connectivity index is 2.23. The van der Waals surface area contributed by atoms with Crippen LogP contribution in [0.1, 0.15) is 19.8 Å². The third kappa shape index (κ3) is 2.18. The van der Waals surface area contributed by atoms with Crippen LogP contribution in [0.2, 0.25) is 0 Å². The van der Waals surface area contributed by atoms with E-state index in [-0.39, 0.29) is 4.92 Å². The second kappa shape index (κ2) is 4.30. The van der Waals surface area contributed by atoms with Crippen molar-refractivity contribution in [1.82, 2.24) is 9.55 Å². The van der Waals surface area contributed by atoms with Crippen LogP contribution < -0.4 is 0 Å². The average molecular weight is 219 g/mol. The summed E-state index contributed by atoms with van der Waals surface area (Å²) in [6, 6.07) is 0.